The molecule has 1 aliphatic rings. The van der Waals surface area contributed by atoms with Crippen LogP contribution in [-0.4, -0.2) is 7.05 Å². The number of hydrogen-bond acceptors (Lipinski definition) is 1. The molecule has 0 saturated carbocycles. The largest absolute Gasteiger partial charge is 0.370 e. The van der Waals surface area contributed by atoms with Gasteiger partial charge in [-0.15, -0.1) is 0 Å². The van der Waals surface area contributed by atoms with Crippen molar-refractivity contribution >= 4 is 5.69 Å². The van der Waals surface area contributed by atoms with Gasteiger partial charge in [-0.3, -0.25) is 0 Å². The van der Waals surface area contributed by atoms with E-state index in [9.17, 15) is 0 Å². The van der Waals surface area contributed by atoms with Crippen molar-refractivity contribution in [2.45, 2.75) is 26.3 Å². The molecule has 0 spiro atoms. The molecule has 0 aromatic heterocycles. The Labute approximate surface area is 74.0 Å². The van der Waals surface area contributed by atoms with Crippen LogP contribution in [0.2, 0.25) is 0 Å². The van der Waals surface area contributed by atoms with E-state index in [2.05, 4.69) is 37.1 Å². The minimum atomic E-state index is 1.14. The van der Waals surface area contributed by atoms with E-state index < -0.39 is 0 Å². The predicted octanol–water partition coefficient (Wildman–Crippen LogP) is 2.59. The van der Waals surface area contributed by atoms with Crippen LogP contribution in [0.15, 0.2) is 18.2 Å². The summed E-state index contributed by atoms with van der Waals surface area (Å²) in [4.78, 5) is 2.30. The van der Waals surface area contributed by atoms with Crippen LogP contribution >= 0.6 is 0 Å². The fourth-order valence-corrected chi connectivity index (χ4v) is 1.90. The number of rotatable bonds is 2. The minimum Gasteiger partial charge on any atom is -0.370 e. The highest BCUT2D eigenvalue weighted by Gasteiger charge is 2.20. The molecule has 64 valence electrons. The van der Waals surface area contributed by atoms with Gasteiger partial charge in [-0.2, -0.15) is 0 Å². The lowest BCUT2D eigenvalue weighted by molar-refractivity contribution is 0.798. The van der Waals surface area contributed by atoms with Crippen molar-refractivity contribution in [2.75, 3.05) is 11.9 Å². The van der Waals surface area contributed by atoms with Crippen LogP contribution in [0.1, 0.15) is 24.5 Å². The fraction of sp³-hybridized carbons (Fsp3) is 0.455. The van der Waals surface area contributed by atoms with Crippen molar-refractivity contribution in [2.24, 2.45) is 0 Å². The molecule has 1 aromatic carbocycles. The van der Waals surface area contributed by atoms with Gasteiger partial charge < -0.3 is 4.90 Å². The first-order chi connectivity index (χ1) is 5.83. The quantitative estimate of drug-likeness (QED) is 0.644. The third-order valence-electron chi connectivity index (χ3n) is 2.57. The lowest BCUT2D eigenvalue weighted by atomic mass is 9.95. The smallest absolute Gasteiger partial charge is 0.0449 e. The molecule has 0 N–H and O–H groups in total. The van der Waals surface area contributed by atoms with Crippen molar-refractivity contribution < 1.29 is 0 Å². The zero-order valence-corrected chi connectivity index (χ0v) is 7.80. The fourth-order valence-electron chi connectivity index (χ4n) is 1.90. The van der Waals surface area contributed by atoms with E-state index in [4.69, 9.17) is 0 Å². The van der Waals surface area contributed by atoms with E-state index in [0.29, 0.717) is 0 Å². The lowest BCUT2D eigenvalue weighted by Crippen LogP contribution is -2.28. The summed E-state index contributed by atoms with van der Waals surface area (Å²) in [5.41, 5.74) is 4.55. The van der Waals surface area contributed by atoms with Gasteiger partial charge in [0.2, 0.25) is 0 Å². The molecule has 0 saturated heterocycles. The summed E-state index contributed by atoms with van der Waals surface area (Å²) in [5.74, 6) is 0. The van der Waals surface area contributed by atoms with Crippen LogP contribution in [-0.2, 0) is 13.0 Å². The van der Waals surface area contributed by atoms with Gasteiger partial charge in [0.05, 0.1) is 0 Å². The Morgan fingerprint density at radius 1 is 1.42 bits per heavy atom. The summed E-state index contributed by atoms with van der Waals surface area (Å²) in [5, 5.41) is 0. The predicted molar refractivity (Wildman–Crippen MR) is 52.5 cm³/mol. The van der Waals surface area contributed by atoms with E-state index in [1.807, 2.05) is 0 Å². The van der Waals surface area contributed by atoms with Crippen LogP contribution in [0.4, 0.5) is 5.69 Å². The number of anilines is 1. The van der Waals surface area contributed by atoms with Crippen molar-refractivity contribution in [3.8, 4) is 0 Å². The van der Waals surface area contributed by atoms with Gasteiger partial charge in [0.1, 0.15) is 0 Å². The van der Waals surface area contributed by atoms with Gasteiger partial charge in [0.25, 0.3) is 0 Å². The first-order valence-electron chi connectivity index (χ1n) is 4.65. The standard InChI is InChI=1S/C11H15N/c1-3-5-9-6-4-7-11-10(9)8-12(11)2/h4,6-7H,3,5,8H2,1-2H3. The third kappa shape index (κ3) is 1.01. The maximum Gasteiger partial charge on any atom is 0.0449 e. The van der Waals surface area contributed by atoms with Crippen LogP contribution in [0.5, 0.6) is 0 Å². The summed E-state index contributed by atoms with van der Waals surface area (Å²) < 4.78 is 0. The second-order valence-corrected chi connectivity index (χ2v) is 3.52. The maximum atomic E-state index is 2.30. The monoisotopic (exact) mass is 161 g/mol. The summed E-state index contributed by atoms with van der Waals surface area (Å²) in [6.45, 7) is 3.38. The number of benzene rings is 1. The van der Waals surface area contributed by atoms with Crippen molar-refractivity contribution in [1.82, 2.24) is 0 Å². The molecule has 0 amide bonds. The number of hydrogen-bond donors (Lipinski definition) is 0. The highest BCUT2D eigenvalue weighted by Crippen LogP contribution is 2.34. The SMILES string of the molecule is CCCc1cccc2c1CN2C. The van der Waals surface area contributed by atoms with Crippen LogP contribution < -0.4 is 4.90 Å². The summed E-state index contributed by atoms with van der Waals surface area (Å²) in [6.07, 6.45) is 2.48. The van der Waals surface area contributed by atoms with Gasteiger partial charge >= 0.3 is 0 Å². The van der Waals surface area contributed by atoms with Gasteiger partial charge in [0, 0.05) is 19.3 Å². The molecular formula is C11H15N. The topological polar surface area (TPSA) is 3.24 Å². The molecule has 2 rings (SSSR count). The Balaban J connectivity index is 2.33. The second kappa shape index (κ2) is 2.81. The highest BCUT2D eigenvalue weighted by molar-refractivity contribution is 5.64. The average Bonchev–Trinajstić information content (AvgIpc) is 2.06. The maximum absolute atomic E-state index is 2.30. The molecular weight excluding hydrogens is 146 g/mol. The van der Waals surface area contributed by atoms with E-state index in [0.717, 1.165) is 6.54 Å². The van der Waals surface area contributed by atoms with Crippen LogP contribution in [0.3, 0.4) is 0 Å². The second-order valence-electron chi connectivity index (χ2n) is 3.52. The van der Waals surface area contributed by atoms with Gasteiger partial charge in [0.15, 0.2) is 0 Å². The van der Waals surface area contributed by atoms with Gasteiger partial charge in [-0.25, -0.2) is 0 Å². The van der Waals surface area contributed by atoms with E-state index >= 15 is 0 Å². The zero-order valence-electron chi connectivity index (χ0n) is 7.80. The van der Waals surface area contributed by atoms with Crippen molar-refractivity contribution in [3.63, 3.8) is 0 Å². The summed E-state index contributed by atoms with van der Waals surface area (Å²) in [7, 11) is 2.15. The first kappa shape index (κ1) is 7.66. The Bertz CT molecular complexity index is 291. The molecule has 0 unspecified atom stereocenters. The third-order valence-corrected chi connectivity index (χ3v) is 2.57. The molecule has 0 aliphatic carbocycles. The zero-order chi connectivity index (χ0) is 8.55. The molecule has 1 heterocycles. The van der Waals surface area contributed by atoms with Gasteiger partial charge in [-0.1, -0.05) is 25.5 Å². The molecule has 0 bridgehead atoms. The Kier molecular flexibility index (Phi) is 1.80. The van der Waals surface area contributed by atoms with E-state index in [-0.39, 0.29) is 0 Å². The molecule has 1 aromatic rings. The highest BCUT2D eigenvalue weighted by atomic mass is 15.1. The molecule has 0 fully saturated rings. The normalized spacial score (nSPS) is 14.0. The Morgan fingerprint density at radius 2 is 2.25 bits per heavy atom. The van der Waals surface area contributed by atoms with Crippen molar-refractivity contribution in [1.29, 1.82) is 0 Å². The van der Waals surface area contributed by atoms with E-state index in [1.54, 1.807) is 11.1 Å². The molecule has 12 heavy (non-hydrogen) atoms. The van der Waals surface area contributed by atoms with Crippen molar-refractivity contribution in [3.05, 3.63) is 29.3 Å². The number of nitrogens with zero attached hydrogens (tertiary/aromatic N) is 1. The molecule has 0 radical (unpaired) electrons. The molecule has 1 heteroatoms. The van der Waals surface area contributed by atoms with Gasteiger partial charge in [-0.05, 0) is 23.6 Å². The minimum absolute atomic E-state index is 1.14. The van der Waals surface area contributed by atoms with Crippen LogP contribution in [0.25, 0.3) is 0 Å². The average molecular weight is 161 g/mol. The Hall–Kier alpha value is -0.980. The first-order valence-corrected chi connectivity index (χ1v) is 4.65. The number of fused-ring (bicyclic) bond motifs is 1. The lowest BCUT2D eigenvalue weighted by Gasteiger charge is -2.34. The molecule has 1 nitrogen and oxygen atoms in total. The van der Waals surface area contributed by atoms with Crippen LogP contribution in [0, 0.1) is 0 Å². The van der Waals surface area contributed by atoms with E-state index in [1.165, 1.54) is 18.5 Å². The molecule has 0 atom stereocenters. The summed E-state index contributed by atoms with van der Waals surface area (Å²) in [6, 6.07) is 6.63. The number of aryl methyl sites for hydroxylation is 1. The molecule has 1 aliphatic heterocycles. The summed E-state index contributed by atoms with van der Waals surface area (Å²) >= 11 is 0. The Morgan fingerprint density at radius 3 is 2.92 bits per heavy atom.